The van der Waals surface area contributed by atoms with Crippen LogP contribution in [0.4, 0.5) is 0 Å². The van der Waals surface area contributed by atoms with Crippen LogP contribution in [-0.4, -0.2) is 5.97 Å². The van der Waals surface area contributed by atoms with Crippen LogP contribution in [0.15, 0.2) is 65.1 Å². The fourth-order valence-corrected chi connectivity index (χ4v) is 2.20. The number of esters is 1. The van der Waals surface area contributed by atoms with Gasteiger partial charge in [0.25, 0.3) is 6.29 Å². The minimum Gasteiger partial charge on any atom is -0.450 e. The topological polar surface area (TPSA) is 35.5 Å². The van der Waals surface area contributed by atoms with E-state index < -0.39 is 12.3 Å². The number of hydrogen-bond acceptors (Lipinski definition) is 3. The molecule has 20 heavy (non-hydrogen) atoms. The van der Waals surface area contributed by atoms with E-state index >= 15 is 0 Å². The first-order chi connectivity index (χ1) is 9.72. The Kier molecular flexibility index (Phi) is 3.56. The fourth-order valence-electron chi connectivity index (χ4n) is 1.93. The minimum absolute atomic E-state index is 0.400. The third kappa shape index (κ3) is 2.75. The van der Waals surface area contributed by atoms with Crippen molar-refractivity contribution >= 4 is 27.7 Å². The highest BCUT2D eigenvalue weighted by molar-refractivity contribution is 9.10. The van der Waals surface area contributed by atoms with E-state index in [1.807, 2.05) is 54.6 Å². The van der Waals surface area contributed by atoms with Gasteiger partial charge in [-0.2, -0.15) is 0 Å². The molecule has 3 rings (SSSR count). The van der Waals surface area contributed by atoms with Crippen LogP contribution in [0.3, 0.4) is 0 Å². The van der Waals surface area contributed by atoms with Crippen LogP contribution in [0.1, 0.15) is 17.4 Å². The van der Waals surface area contributed by atoms with E-state index in [1.54, 1.807) is 0 Å². The number of carbonyl (C=O) groups is 1. The number of halogens is 1. The first-order valence-corrected chi connectivity index (χ1v) is 6.91. The second kappa shape index (κ2) is 5.51. The van der Waals surface area contributed by atoms with Crippen molar-refractivity contribution < 1.29 is 14.3 Å². The van der Waals surface area contributed by atoms with Crippen molar-refractivity contribution in [3.05, 3.63) is 76.3 Å². The quantitative estimate of drug-likeness (QED) is 0.779. The Morgan fingerprint density at radius 3 is 2.30 bits per heavy atom. The number of hydrogen-bond donors (Lipinski definition) is 0. The predicted molar refractivity (Wildman–Crippen MR) is 78.5 cm³/mol. The third-order valence-electron chi connectivity index (χ3n) is 2.91. The Labute approximate surface area is 125 Å². The van der Waals surface area contributed by atoms with Gasteiger partial charge in [0, 0.05) is 15.6 Å². The Morgan fingerprint density at radius 2 is 1.60 bits per heavy atom. The van der Waals surface area contributed by atoms with Gasteiger partial charge < -0.3 is 9.47 Å². The summed E-state index contributed by atoms with van der Waals surface area (Å²) in [5, 5.41) is 0. The van der Waals surface area contributed by atoms with Crippen LogP contribution >= 0.6 is 15.9 Å². The van der Waals surface area contributed by atoms with Crippen molar-refractivity contribution in [2.24, 2.45) is 0 Å². The molecule has 2 aromatic rings. The molecule has 3 nitrogen and oxygen atoms in total. The van der Waals surface area contributed by atoms with Crippen LogP contribution in [0.25, 0.3) is 5.76 Å². The average Bonchev–Trinajstić information content (AvgIpc) is 2.48. The largest absolute Gasteiger partial charge is 0.450 e. The molecule has 2 aromatic carbocycles. The van der Waals surface area contributed by atoms with Crippen molar-refractivity contribution in [3.8, 4) is 0 Å². The molecular weight excluding hydrogens is 320 g/mol. The number of rotatable bonds is 2. The van der Waals surface area contributed by atoms with Crippen molar-refractivity contribution in [3.63, 3.8) is 0 Å². The molecule has 0 radical (unpaired) electrons. The smallest absolute Gasteiger partial charge is 0.337 e. The zero-order chi connectivity index (χ0) is 13.9. The molecule has 1 aliphatic heterocycles. The normalized spacial score (nSPS) is 17.9. The summed E-state index contributed by atoms with van der Waals surface area (Å²) in [4.78, 5) is 11.7. The summed E-state index contributed by atoms with van der Waals surface area (Å²) in [5.41, 5.74) is 1.65. The molecule has 4 heteroatoms. The molecule has 0 saturated heterocycles. The summed E-state index contributed by atoms with van der Waals surface area (Å²) in [6, 6.07) is 17.0. The highest BCUT2D eigenvalue weighted by Crippen LogP contribution is 2.31. The second-order valence-corrected chi connectivity index (χ2v) is 5.23. The molecule has 1 aliphatic rings. The Morgan fingerprint density at radius 1 is 0.900 bits per heavy atom. The van der Waals surface area contributed by atoms with Gasteiger partial charge in [-0.05, 0) is 12.1 Å². The summed E-state index contributed by atoms with van der Waals surface area (Å²) < 4.78 is 11.9. The number of cyclic esters (lactones) is 1. The maximum Gasteiger partial charge on any atom is 0.337 e. The van der Waals surface area contributed by atoms with Crippen LogP contribution < -0.4 is 0 Å². The van der Waals surface area contributed by atoms with E-state index in [9.17, 15) is 4.79 Å². The molecule has 0 saturated carbocycles. The average molecular weight is 331 g/mol. The first kappa shape index (κ1) is 12.9. The van der Waals surface area contributed by atoms with Gasteiger partial charge in [-0.1, -0.05) is 58.4 Å². The highest BCUT2D eigenvalue weighted by Gasteiger charge is 2.24. The molecule has 100 valence electrons. The van der Waals surface area contributed by atoms with Gasteiger partial charge in [0.1, 0.15) is 5.76 Å². The van der Waals surface area contributed by atoms with Gasteiger partial charge in [-0.25, -0.2) is 4.79 Å². The number of carbonyl (C=O) groups excluding carboxylic acids is 1. The summed E-state index contributed by atoms with van der Waals surface area (Å²) in [6.07, 6.45) is 0.662. The van der Waals surface area contributed by atoms with Gasteiger partial charge in [0.05, 0.1) is 6.08 Å². The van der Waals surface area contributed by atoms with Crippen molar-refractivity contribution in [1.82, 2.24) is 0 Å². The lowest BCUT2D eigenvalue weighted by molar-refractivity contribution is -0.166. The molecule has 0 fully saturated rings. The van der Waals surface area contributed by atoms with Crippen molar-refractivity contribution in [1.29, 1.82) is 0 Å². The van der Waals surface area contributed by atoms with Crippen LogP contribution in [-0.2, 0) is 14.3 Å². The summed E-state index contributed by atoms with van der Waals surface area (Å²) in [6.45, 7) is 0. The van der Waals surface area contributed by atoms with E-state index in [0.29, 0.717) is 5.76 Å². The minimum atomic E-state index is -0.702. The van der Waals surface area contributed by atoms with E-state index in [0.717, 1.165) is 15.6 Å². The molecule has 1 atom stereocenters. The lowest BCUT2D eigenvalue weighted by Gasteiger charge is -2.24. The van der Waals surface area contributed by atoms with E-state index in [4.69, 9.17) is 9.47 Å². The number of benzene rings is 2. The van der Waals surface area contributed by atoms with Crippen molar-refractivity contribution in [2.75, 3.05) is 0 Å². The summed E-state index contributed by atoms with van der Waals surface area (Å²) >= 11 is 3.38. The second-order valence-electron chi connectivity index (χ2n) is 4.31. The molecule has 0 unspecified atom stereocenters. The first-order valence-electron chi connectivity index (χ1n) is 6.12. The van der Waals surface area contributed by atoms with Gasteiger partial charge in [0.2, 0.25) is 0 Å². The van der Waals surface area contributed by atoms with E-state index in [-0.39, 0.29) is 0 Å². The molecule has 0 bridgehead atoms. The maximum atomic E-state index is 11.7. The fraction of sp³-hybridized carbons (Fsp3) is 0.0625. The summed E-state index contributed by atoms with van der Waals surface area (Å²) in [5.74, 6) is 0.116. The Bertz CT molecular complexity index is 647. The van der Waals surface area contributed by atoms with Crippen molar-refractivity contribution in [2.45, 2.75) is 6.29 Å². The monoisotopic (exact) mass is 330 g/mol. The van der Waals surface area contributed by atoms with E-state index in [1.165, 1.54) is 6.08 Å². The van der Waals surface area contributed by atoms with E-state index in [2.05, 4.69) is 15.9 Å². The Balaban J connectivity index is 1.89. The lowest BCUT2D eigenvalue weighted by atomic mass is 10.1. The molecule has 0 aromatic heterocycles. The van der Waals surface area contributed by atoms with Crippen LogP contribution in [0, 0.1) is 0 Å². The number of ether oxygens (including phenoxy) is 2. The van der Waals surface area contributed by atoms with Gasteiger partial charge in [-0.3, -0.25) is 0 Å². The molecule has 0 spiro atoms. The molecule has 0 amide bonds. The predicted octanol–water partition coefficient (Wildman–Crippen LogP) is 4.06. The SMILES string of the molecule is O=C1C=C(c2ccc(Br)cc2)O[C@H](c2ccccc2)O1. The molecule has 0 aliphatic carbocycles. The highest BCUT2D eigenvalue weighted by atomic mass is 79.9. The maximum absolute atomic E-state index is 11.7. The summed E-state index contributed by atoms with van der Waals surface area (Å²) in [7, 11) is 0. The standard InChI is InChI=1S/C16H11BrO3/c17-13-8-6-11(7-9-13)14-10-15(18)20-16(19-14)12-4-2-1-3-5-12/h1-10,16H/t16-/m0/s1. The third-order valence-corrected chi connectivity index (χ3v) is 3.44. The van der Waals surface area contributed by atoms with Gasteiger partial charge >= 0.3 is 5.97 Å². The van der Waals surface area contributed by atoms with Crippen LogP contribution in [0.2, 0.25) is 0 Å². The zero-order valence-corrected chi connectivity index (χ0v) is 12.0. The zero-order valence-electron chi connectivity index (χ0n) is 10.5. The molecule has 0 N–H and O–H groups in total. The van der Waals surface area contributed by atoms with Gasteiger partial charge in [0.15, 0.2) is 0 Å². The lowest BCUT2D eigenvalue weighted by Crippen LogP contribution is -2.18. The van der Waals surface area contributed by atoms with Crippen LogP contribution in [0.5, 0.6) is 0 Å². The molecule has 1 heterocycles. The Hall–Kier alpha value is -2.07. The molecular formula is C16H11BrO3. The van der Waals surface area contributed by atoms with Gasteiger partial charge in [-0.15, -0.1) is 0 Å².